The Bertz CT molecular complexity index is 859. The number of methoxy groups -OCH3 is 1. The van der Waals surface area contributed by atoms with Crippen molar-refractivity contribution in [1.29, 1.82) is 0 Å². The van der Waals surface area contributed by atoms with Gasteiger partial charge in [0.2, 0.25) is 0 Å². The van der Waals surface area contributed by atoms with Crippen LogP contribution in [0, 0.1) is 0 Å². The van der Waals surface area contributed by atoms with Gasteiger partial charge in [0.25, 0.3) is 5.91 Å². The van der Waals surface area contributed by atoms with Crippen molar-refractivity contribution >= 4 is 11.9 Å². The minimum absolute atomic E-state index is 0.00304. The molecule has 0 saturated carbocycles. The van der Waals surface area contributed by atoms with Crippen LogP contribution in [0.3, 0.4) is 0 Å². The maximum Gasteiger partial charge on any atom is 0.337 e. The Hall–Kier alpha value is -2.70. The van der Waals surface area contributed by atoms with Crippen molar-refractivity contribution in [3.05, 3.63) is 47.0 Å². The molecule has 0 bridgehead atoms. The summed E-state index contributed by atoms with van der Waals surface area (Å²) >= 11 is 0. The highest BCUT2D eigenvalue weighted by Gasteiger charge is 2.30. The Morgan fingerprint density at radius 3 is 2.57 bits per heavy atom. The van der Waals surface area contributed by atoms with Crippen LogP contribution in [0.1, 0.15) is 70.4 Å². The predicted octanol–water partition coefficient (Wildman–Crippen LogP) is 2.81. The zero-order valence-corrected chi connectivity index (χ0v) is 16.3. The van der Waals surface area contributed by atoms with Gasteiger partial charge in [0.1, 0.15) is 11.6 Å². The molecule has 2 aromatic rings. The van der Waals surface area contributed by atoms with Gasteiger partial charge in [-0.2, -0.15) is 0 Å². The highest BCUT2D eigenvalue weighted by atomic mass is 16.5. The molecule has 1 atom stereocenters. The maximum absolute atomic E-state index is 13.0. The van der Waals surface area contributed by atoms with Gasteiger partial charge in [-0.3, -0.25) is 4.79 Å². The summed E-state index contributed by atoms with van der Waals surface area (Å²) in [5.74, 6) is 1.96. The zero-order chi connectivity index (χ0) is 19.5. The summed E-state index contributed by atoms with van der Waals surface area (Å²) < 4.78 is 7.00. The maximum atomic E-state index is 13.0. The molecule has 1 saturated heterocycles. The van der Waals surface area contributed by atoms with Crippen LogP contribution in [-0.4, -0.2) is 51.7 Å². The van der Waals surface area contributed by atoms with Gasteiger partial charge in [0.15, 0.2) is 0 Å². The van der Waals surface area contributed by atoms with Crippen molar-refractivity contribution in [2.45, 2.75) is 51.0 Å². The van der Waals surface area contributed by atoms with Crippen LogP contribution >= 0.6 is 0 Å². The number of aromatic nitrogens is 3. The minimum atomic E-state index is -0.399. The van der Waals surface area contributed by atoms with Gasteiger partial charge >= 0.3 is 5.97 Å². The van der Waals surface area contributed by atoms with Crippen molar-refractivity contribution < 1.29 is 14.3 Å². The first-order valence-electron chi connectivity index (χ1n) is 10.1. The van der Waals surface area contributed by atoms with Crippen molar-refractivity contribution in [3.63, 3.8) is 0 Å². The van der Waals surface area contributed by atoms with E-state index < -0.39 is 5.97 Å². The first kappa shape index (κ1) is 18.7. The molecule has 0 radical (unpaired) electrons. The number of ether oxygens (including phenoxy) is 1. The lowest BCUT2D eigenvalue weighted by Crippen LogP contribution is -2.39. The summed E-state index contributed by atoms with van der Waals surface area (Å²) in [5.41, 5.74) is 1.04. The molecule has 1 amide bonds. The molecule has 148 valence electrons. The third-order valence-corrected chi connectivity index (χ3v) is 5.76. The Morgan fingerprint density at radius 2 is 1.79 bits per heavy atom. The monoisotopic (exact) mass is 382 g/mol. The van der Waals surface area contributed by atoms with Gasteiger partial charge in [-0.25, -0.2) is 4.79 Å². The Balaban J connectivity index is 1.49. The number of nitrogens with zero attached hydrogens (tertiary/aromatic N) is 4. The summed E-state index contributed by atoms with van der Waals surface area (Å²) in [6.45, 7) is 2.39. The van der Waals surface area contributed by atoms with Crippen molar-refractivity contribution in [2.24, 2.45) is 0 Å². The molecule has 28 heavy (non-hydrogen) atoms. The zero-order valence-electron chi connectivity index (χ0n) is 16.3. The van der Waals surface area contributed by atoms with E-state index in [9.17, 15) is 9.59 Å². The number of esters is 1. The van der Waals surface area contributed by atoms with Gasteiger partial charge in [0, 0.05) is 37.5 Å². The number of hydrogen-bond acceptors (Lipinski definition) is 5. The third kappa shape index (κ3) is 3.66. The lowest BCUT2D eigenvalue weighted by Gasteiger charge is -2.32. The molecule has 7 heteroatoms. The van der Waals surface area contributed by atoms with E-state index in [-0.39, 0.29) is 11.8 Å². The molecule has 4 rings (SSSR count). The molecule has 0 aliphatic carbocycles. The smallest absolute Gasteiger partial charge is 0.337 e. The summed E-state index contributed by atoms with van der Waals surface area (Å²) in [6, 6.07) is 6.67. The van der Waals surface area contributed by atoms with Gasteiger partial charge in [-0.1, -0.05) is 6.42 Å². The van der Waals surface area contributed by atoms with E-state index >= 15 is 0 Å². The van der Waals surface area contributed by atoms with Crippen LogP contribution in [-0.2, 0) is 17.7 Å². The van der Waals surface area contributed by atoms with Crippen LogP contribution in [0.5, 0.6) is 0 Å². The topological polar surface area (TPSA) is 77.3 Å². The van der Waals surface area contributed by atoms with Crippen molar-refractivity contribution in [1.82, 2.24) is 19.7 Å². The van der Waals surface area contributed by atoms with E-state index in [1.807, 2.05) is 4.90 Å². The van der Waals surface area contributed by atoms with Crippen LogP contribution in [0.2, 0.25) is 0 Å². The summed E-state index contributed by atoms with van der Waals surface area (Å²) in [7, 11) is 1.35. The fourth-order valence-electron chi connectivity index (χ4n) is 4.23. The second kappa shape index (κ2) is 8.12. The van der Waals surface area contributed by atoms with Crippen molar-refractivity contribution in [3.8, 4) is 0 Å². The fourth-order valence-corrected chi connectivity index (χ4v) is 4.23. The molecule has 7 nitrogen and oxygen atoms in total. The number of aryl methyl sites for hydroxylation is 1. The van der Waals surface area contributed by atoms with Crippen LogP contribution in [0.15, 0.2) is 24.3 Å². The standard InChI is InChI=1S/C21H26N4O3/c1-28-21(27)16-10-8-15(9-11-16)20(26)24-12-5-6-17(14-24)19-23-22-18-7-3-2-4-13-25(18)19/h8-11,17H,2-7,12-14H2,1H3. The molecule has 0 N–H and O–H groups in total. The molecular weight excluding hydrogens is 356 g/mol. The lowest BCUT2D eigenvalue weighted by molar-refractivity contribution is 0.0599. The highest BCUT2D eigenvalue weighted by Crippen LogP contribution is 2.28. The molecule has 1 unspecified atom stereocenters. The largest absolute Gasteiger partial charge is 0.465 e. The Morgan fingerprint density at radius 1 is 1.00 bits per heavy atom. The summed E-state index contributed by atoms with van der Waals surface area (Å²) in [6.07, 6.45) is 6.56. The lowest BCUT2D eigenvalue weighted by atomic mass is 9.96. The molecule has 3 heterocycles. The Kier molecular flexibility index (Phi) is 5.41. The van der Waals surface area contributed by atoms with Crippen LogP contribution in [0.25, 0.3) is 0 Å². The fraction of sp³-hybridized carbons (Fsp3) is 0.524. The molecule has 1 aromatic carbocycles. The van der Waals surface area contributed by atoms with Crippen LogP contribution < -0.4 is 0 Å². The third-order valence-electron chi connectivity index (χ3n) is 5.76. The molecule has 1 aromatic heterocycles. The SMILES string of the molecule is COC(=O)c1ccc(C(=O)N2CCCC(c3nnc4n3CCCCC4)C2)cc1. The van der Waals surface area contributed by atoms with Gasteiger partial charge in [-0.15, -0.1) is 10.2 Å². The number of carbonyl (C=O) groups is 2. The molecule has 0 spiro atoms. The number of likely N-dealkylation sites (tertiary alicyclic amines) is 1. The first-order chi connectivity index (χ1) is 13.7. The van der Waals surface area contributed by atoms with Crippen LogP contribution in [0.4, 0.5) is 0 Å². The summed E-state index contributed by atoms with van der Waals surface area (Å²) in [4.78, 5) is 26.5. The number of benzene rings is 1. The van der Waals surface area contributed by atoms with Gasteiger partial charge < -0.3 is 14.2 Å². The van der Waals surface area contributed by atoms with Gasteiger partial charge in [-0.05, 0) is 49.9 Å². The predicted molar refractivity (Wildman–Crippen MR) is 103 cm³/mol. The number of hydrogen-bond donors (Lipinski definition) is 0. The average molecular weight is 382 g/mol. The molecular formula is C21H26N4O3. The highest BCUT2D eigenvalue weighted by molar-refractivity contribution is 5.96. The number of amides is 1. The van der Waals surface area contributed by atoms with E-state index in [4.69, 9.17) is 4.74 Å². The summed E-state index contributed by atoms with van der Waals surface area (Å²) in [5, 5.41) is 8.91. The van der Waals surface area contributed by atoms with Crippen molar-refractivity contribution in [2.75, 3.05) is 20.2 Å². The second-order valence-corrected chi connectivity index (χ2v) is 7.60. The second-order valence-electron chi connectivity index (χ2n) is 7.60. The van der Waals surface area contributed by atoms with Gasteiger partial charge in [0.05, 0.1) is 12.7 Å². The van der Waals surface area contributed by atoms with E-state index in [2.05, 4.69) is 14.8 Å². The number of rotatable bonds is 3. The van der Waals surface area contributed by atoms with E-state index in [1.165, 1.54) is 26.4 Å². The number of carbonyl (C=O) groups excluding carboxylic acids is 2. The number of piperidine rings is 1. The molecule has 2 aliphatic heterocycles. The molecule has 1 fully saturated rings. The first-order valence-corrected chi connectivity index (χ1v) is 10.1. The number of fused-ring (bicyclic) bond motifs is 1. The average Bonchev–Trinajstić information content (AvgIpc) is 3.01. The van der Waals surface area contributed by atoms with E-state index in [1.54, 1.807) is 24.3 Å². The molecule has 2 aliphatic rings. The quantitative estimate of drug-likeness (QED) is 0.763. The Labute approximate surface area is 164 Å². The van der Waals surface area contributed by atoms with E-state index in [0.717, 1.165) is 44.0 Å². The normalized spacial score (nSPS) is 19.6. The minimum Gasteiger partial charge on any atom is -0.465 e. The van der Waals surface area contributed by atoms with E-state index in [0.29, 0.717) is 17.7 Å².